The van der Waals surface area contributed by atoms with E-state index in [9.17, 15) is 0 Å². The molecule has 0 aromatic heterocycles. The molecule has 1 aromatic carbocycles. The number of nitrogens with two attached hydrogens (primary N) is 1. The van der Waals surface area contributed by atoms with E-state index in [0.717, 1.165) is 19.4 Å². The fraction of sp³-hybridized carbons (Fsp3) is 0.556. The maximum absolute atomic E-state index is 5.61. The summed E-state index contributed by atoms with van der Waals surface area (Å²) in [4.78, 5) is 0. The summed E-state index contributed by atoms with van der Waals surface area (Å²) in [5.74, 6) is 0.552. The van der Waals surface area contributed by atoms with Gasteiger partial charge >= 0.3 is 0 Å². The summed E-state index contributed by atoms with van der Waals surface area (Å²) in [7, 11) is 0. The lowest BCUT2D eigenvalue weighted by molar-refractivity contribution is 0.821. The van der Waals surface area contributed by atoms with Crippen molar-refractivity contribution >= 4 is 5.57 Å². The molecule has 0 fully saturated rings. The molecule has 0 saturated heterocycles. The largest absolute Gasteiger partial charge is 0.330 e. The van der Waals surface area contributed by atoms with E-state index in [0.29, 0.717) is 5.92 Å². The summed E-state index contributed by atoms with van der Waals surface area (Å²) in [6, 6.07) is 2.30. The normalized spacial score (nSPS) is 12.3. The van der Waals surface area contributed by atoms with Crippen LogP contribution in [0.3, 0.4) is 0 Å². The molecule has 0 unspecified atom stereocenters. The highest BCUT2D eigenvalue weighted by Gasteiger charge is 2.14. The molecule has 0 aliphatic carbocycles. The van der Waals surface area contributed by atoms with Gasteiger partial charge in [0, 0.05) is 0 Å². The van der Waals surface area contributed by atoms with Gasteiger partial charge in [-0.3, -0.25) is 0 Å². The molecule has 0 amide bonds. The van der Waals surface area contributed by atoms with Crippen molar-refractivity contribution in [1.82, 2.24) is 0 Å². The van der Waals surface area contributed by atoms with Crippen LogP contribution in [0.5, 0.6) is 0 Å². The third-order valence-electron chi connectivity index (χ3n) is 4.05. The van der Waals surface area contributed by atoms with Crippen molar-refractivity contribution in [2.75, 3.05) is 6.54 Å². The first-order valence-electron chi connectivity index (χ1n) is 7.38. The molecule has 1 aromatic rings. The predicted octanol–water partition coefficient (Wildman–Crippen LogP) is 4.70. The average Bonchev–Trinajstić information content (AvgIpc) is 2.34. The van der Waals surface area contributed by atoms with Crippen LogP contribution in [0.15, 0.2) is 12.1 Å². The molecule has 2 N–H and O–H groups in total. The van der Waals surface area contributed by atoms with Crippen LogP contribution in [0, 0.1) is 33.6 Å². The monoisotopic (exact) mass is 259 g/mol. The van der Waals surface area contributed by atoms with Crippen LogP contribution >= 0.6 is 0 Å². The second-order valence-electron chi connectivity index (χ2n) is 5.88. The van der Waals surface area contributed by atoms with Gasteiger partial charge in [-0.2, -0.15) is 0 Å². The number of allylic oxidation sites excluding steroid dienone is 2. The summed E-state index contributed by atoms with van der Waals surface area (Å²) in [5, 5.41) is 0. The number of unbranched alkanes of at least 4 members (excludes halogenated alkanes) is 1. The molecular weight excluding hydrogens is 230 g/mol. The Morgan fingerprint density at radius 3 is 2.05 bits per heavy atom. The fourth-order valence-electron chi connectivity index (χ4n) is 2.65. The lowest BCUT2D eigenvalue weighted by atomic mass is 9.84. The summed E-state index contributed by atoms with van der Waals surface area (Å²) in [5.41, 5.74) is 14.2. The van der Waals surface area contributed by atoms with Gasteiger partial charge in [-0.15, -0.1) is 0 Å². The van der Waals surface area contributed by atoms with Crippen molar-refractivity contribution in [3.63, 3.8) is 0 Å². The molecule has 0 atom stereocenters. The quantitative estimate of drug-likeness (QED) is 0.762. The minimum Gasteiger partial charge on any atom is -0.330 e. The highest BCUT2D eigenvalue weighted by molar-refractivity contribution is 5.73. The maximum atomic E-state index is 5.61. The highest BCUT2D eigenvalue weighted by atomic mass is 14.5. The highest BCUT2D eigenvalue weighted by Crippen LogP contribution is 2.32. The van der Waals surface area contributed by atoms with Crippen molar-refractivity contribution in [3.05, 3.63) is 40.0 Å². The SMILES string of the molecule is Cc1cc(C)c(C)c(/C(=C/CCCN)C(C)C)c1C. The molecule has 0 aliphatic heterocycles. The zero-order chi connectivity index (χ0) is 14.6. The number of rotatable bonds is 5. The van der Waals surface area contributed by atoms with E-state index in [1.807, 2.05) is 0 Å². The second kappa shape index (κ2) is 6.91. The Balaban J connectivity index is 3.34. The first-order valence-corrected chi connectivity index (χ1v) is 7.38. The molecule has 0 bridgehead atoms. The van der Waals surface area contributed by atoms with Gasteiger partial charge in [0.25, 0.3) is 0 Å². The summed E-state index contributed by atoms with van der Waals surface area (Å²) < 4.78 is 0. The fourth-order valence-corrected chi connectivity index (χ4v) is 2.65. The van der Waals surface area contributed by atoms with Gasteiger partial charge in [-0.05, 0) is 86.4 Å². The van der Waals surface area contributed by atoms with Gasteiger partial charge in [0.1, 0.15) is 0 Å². The minimum atomic E-state index is 0.552. The van der Waals surface area contributed by atoms with E-state index in [1.165, 1.54) is 33.4 Å². The molecule has 0 heterocycles. The number of benzene rings is 1. The van der Waals surface area contributed by atoms with Crippen LogP contribution in [0.25, 0.3) is 5.57 Å². The third-order valence-corrected chi connectivity index (χ3v) is 4.05. The van der Waals surface area contributed by atoms with Crippen LogP contribution in [0.1, 0.15) is 54.5 Å². The molecule has 0 saturated carbocycles. The molecule has 1 rings (SSSR count). The van der Waals surface area contributed by atoms with Crippen LogP contribution in [0.2, 0.25) is 0 Å². The Hall–Kier alpha value is -1.08. The zero-order valence-electron chi connectivity index (χ0n) is 13.4. The van der Waals surface area contributed by atoms with Gasteiger partial charge < -0.3 is 5.73 Å². The van der Waals surface area contributed by atoms with Gasteiger partial charge in [0.2, 0.25) is 0 Å². The lowest BCUT2D eigenvalue weighted by Crippen LogP contribution is -2.04. The summed E-state index contributed by atoms with van der Waals surface area (Å²) in [6.07, 6.45) is 4.54. The lowest BCUT2D eigenvalue weighted by Gasteiger charge is -2.21. The van der Waals surface area contributed by atoms with Crippen LogP contribution in [-0.2, 0) is 0 Å². The smallest absolute Gasteiger partial charge is 0.00743 e. The van der Waals surface area contributed by atoms with Crippen molar-refractivity contribution in [3.8, 4) is 0 Å². The van der Waals surface area contributed by atoms with Crippen molar-refractivity contribution in [1.29, 1.82) is 0 Å². The van der Waals surface area contributed by atoms with Crippen LogP contribution < -0.4 is 5.73 Å². The van der Waals surface area contributed by atoms with E-state index >= 15 is 0 Å². The van der Waals surface area contributed by atoms with E-state index < -0.39 is 0 Å². The Kier molecular flexibility index (Phi) is 5.81. The zero-order valence-corrected chi connectivity index (χ0v) is 13.4. The molecule has 106 valence electrons. The Bertz CT molecular complexity index is 441. The molecular formula is C18H29N. The van der Waals surface area contributed by atoms with Crippen LogP contribution in [0.4, 0.5) is 0 Å². The summed E-state index contributed by atoms with van der Waals surface area (Å²) in [6.45, 7) is 14.3. The van der Waals surface area contributed by atoms with Crippen molar-refractivity contribution in [2.24, 2.45) is 11.7 Å². The molecule has 0 aliphatic rings. The number of hydrogen-bond acceptors (Lipinski definition) is 1. The first-order chi connectivity index (χ1) is 8.90. The van der Waals surface area contributed by atoms with Gasteiger partial charge in [0.05, 0.1) is 0 Å². The Morgan fingerprint density at radius 2 is 1.63 bits per heavy atom. The molecule has 0 spiro atoms. The first kappa shape index (κ1) is 16.0. The van der Waals surface area contributed by atoms with E-state index in [1.54, 1.807) is 0 Å². The van der Waals surface area contributed by atoms with Gasteiger partial charge in [0.15, 0.2) is 0 Å². The van der Waals surface area contributed by atoms with E-state index in [4.69, 9.17) is 5.73 Å². The molecule has 0 radical (unpaired) electrons. The number of hydrogen-bond donors (Lipinski definition) is 1. The standard InChI is InChI=1S/C18H29N/c1-12(2)17(9-7-8-10-19)18-15(5)13(3)11-14(4)16(18)6/h9,11-12H,7-8,10,19H2,1-6H3/b17-9+. The predicted molar refractivity (Wildman–Crippen MR) is 86.5 cm³/mol. The Labute approximate surface area is 118 Å². The second-order valence-corrected chi connectivity index (χ2v) is 5.88. The average molecular weight is 259 g/mol. The molecule has 19 heavy (non-hydrogen) atoms. The van der Waals surface area contributed by atoms with E-state index in [2.05, 4.69) is 53.7 Å². The van der Waals surface area contributed by atoms with Crippen molar-refractivity contribution in [2.45, 2.75) is 54.4 Å². The third kappa shape index (κ3) is 3.70. The van der Waals surface area contributed by atoms with Gasteiger partial charge in [-0.1, -0.05) is 26.0 Å². The Morgan fingerprint density at radius 1 is 1.11 bits per heavy atom. The van der Waals surface area contributed by atoms with Crippen molar-refractivity contribution < 1.29 is 0 Å². The van der Waals surface area contributed by atoms with Gasteiger partial charge in [-0.25, -0.2) is 0 Å². The van der Waals surface area contributed by atoms with E-state index in [-0.39, 0.29) is 0 Å². The molecule has 1 heteroatoms. The topological polar surface area (TPSA) is 26.0 Å². The maximum Gasteiger partial charge on any atom is -0.00743 e. The molecule has 1 nitrogen and oxygen atoms in total. The minimum absolute atomic E-state index is 0.552. The number of aryl methyl sites for hydroxylation is 2. The summed E-state index contributed by atoms with van der Waals surface area (Å²) >= 11 is 0. The van der Waals surface area contributed by atoms with Crippen LogP contribution in [-0.4, -0.2) is 6.54 Å².